The van der Waals surface area contributed by atoms with Crippen molar-refractivity contribution in [3.63, 3.8) is 0 Å². The van der Waals surface area contributed by atoms with Gasteiger partial charge in [-0.25, -0.2) is 0 Å². The van der Waals surface area contributed by atoms with Gasteiger partial charge in [0, 0.05) is 12.6 Å². The molecule has 0 radical (unpaired) electrons. The molecule has 0 aliphatic rings. The van der Waals surface area contributed by atoms with Crippen molar-refractivity contribution in [2.75, 3.05) is 7.05 Å². The van der Waals surface area contributed by atoms with Gasteiger partial charge < -0.3 is 9.42 Å². The van der Waals surface area contributed by atoms with Crippen molar-refractivity contribution in [2.45, 2.75) is 26.8 Å². The second-order valence-electron chi connectivity index (χ2n) is 6.34. The fourth-order valence-corrected chi connectivity index (χ4v) is 2.81. The van der Waals surface area contributed by atoms with E-state index >= 15 is 0 Å². The first-order chi connectivity index (χ1) is 12.4. The number of likely N-dealkylation sites (N-methyl/N-ethyl adjacent to an activating group) is 1. The lowest BCUT2D eigenvalue weighted by molar-refractivity contribution is -0.130. The molecule has 0 N–H and O–H groups in total. The molecule has 1 heterocycles. The summed E-state index contributed by atoms with van der Waals surface area (Å²) in [4.78, 5) is 18.4. The van der Waals surface area contributed by atoms with E-state index < -0.39 is 0 Å². The maximum Gasteiger partial charge on any atom is 0.246 e. The van der Waals surface area contributed by atoms with Gasteiger partial charge in [0.1, 0.15) is 0 Å². The molecule has 6 heteroatoms. The average Bonchev–Trinajstić information content (AvgIpc) is 3.06. The summed E-state index contributed by atoms with van der Waals surface area (Å²) in [6.07, 6.45) is 0.336. The minimum atomic E-state index is -0.00857. The molecule has 0 unspecified atom stereocenters. The molecule has 26 heavy (non-hydrogen) atoms. The third-order valence-corrected chi connectivity index (χ3v) is 4.64. The normalized spacial score (nSPS) is 10.8. The van der Waals surface area contributed by atoms with Crippen molar-refractivity contribution < 1.29 is 9.32 Å². The molecule has 1 amide bonds. The highest BCUT2D eigenvalue weighted by molar-refractivity contribution is 6.33. The Morgan fingerprint density at radius 1 is 1.15 bits per heavy atom. The summed E-state index contributed by atoms with van der Waals surface area (Å²) in [6.45, 7) is 4.35. The zero-order valence-corrected chi connectivity index (χ0v) is 15.7. The summed E-state index contributed by atoms with van der Waals surface area (Å²) in [5.41, 5.74) is 4.09. The predicted octanol–water partition coefficient (Wildman–Crippen LogP) is 4.21. The third kappa shape index (κ3) is 4.11. The number of hydrogen-bond acceptors (Lipinski definition) is 4. The van der Waals surface area contributed by atoms with Gasteiger partial charge in [0.2, 0.25) is 17.6 Å². The van der Waals surface area contributed by atoms with Gasteiger partial charge in [-0.2, -0.15) is 4.98 Å². The van der Waals surface area contributed by atoms with Crippen LogP contribution in [0.15, 0.2) is 47.0 Å². The van der Waals surface area contributed by atoms with E-state index in [4.69, 9.17) is 16.1 Å². The zero-order valence-electron chi connectivity index (χ0n) is 15.0. The van der Waals surface area contributed by atoms with Crippen LogP contribution in [0, 0.1) is 13.8 Å². The van der Waals surface area contributed by atoms with E-state index in [2.05, 4.69) is 17.1 Å². The summed E-state index contributed by atoms with van der Waals surface area (Å²) in [5.74, 6) is 0.780. The second-order valence-corrected chi connectivity index (χ2v) is 6.74. The topological polar surface area (TPSA) is 59.2 Å². The number of aryl methyl sites for hydroxylation is 2. The van der Waals surface area contributed by atoms with Crippen molar-refractivity contribution in [1.29, 1.82) is 0 Å². The molecule has 0 aliphatic carbocycles. The zero-order chi connectivity index (χ0) is 18.7. The number of carbonyl (C=O) groups is 1. The van der Waals surface area contributed by atoms with Crippen molar-refractivity contribution in [3.05, 3.63) is 70.1 Å². The lowest BCUT2D eigenvalue weighted by Gasteiger charge is -2.15. The van der Waals surface area contributed by atoms with Crippen LogP contribution in [0.25, 0.3) is 11.4 Å². The van der Waals surface area contributed by atoms with E-state index in [1.807, 2.05) is 43.3 Å². The monoisotopic (exact) mass is 369 g/mol. The van der Waals surface area contributed by atoms with Crippen LogP contribution >= 0.6 is 11.6 Å². The molecule has 0 aliphatic heterocycles. The number of hydrogen-bond donors (Lipinski definition) is 0. The van der Waals surface area contributed by atoms with Crippen molar-refractivity contribution >= 4 is 17.5 Å². The molecule has 0 saturated heterocycles. The van der Waals surface area contributed by atoms with Crippen LogP contribution in [0.4, 0.5) is 0 Å². The quantitative estimate of drug-likeness (QED) is 0.676. The maximum absolute atomic E-state index is 12.5. The SMILES string of the molecule is Cc1ccc(CC(=O)N(C)Cc2nc(-c3ccccc3Cl)no2)cc1C. The van der Waals surface area contributed by atoms with Gasteiger partial charge in [-0.05, 0) is 42.7 Å². The molecular formula is C20H20ClN3O2. The molecule has 2 aromatic carbocycles. The van der Waals surface area contributed by atoms with Gasteiger partial charge in [-0.3, -0.25) is 4.79 Å². The van der Waals surface area contributed by atoms with Crippen LogP contribution in [0.2, 0.25) is 5.02 Å². The largest absolute Gasteiger partial charge is 0.337 e. The van der Waals surface area contributed by atoms with Crippen LogP contribution < -0.4 is 0 Å². The highest BCUT2D eigenvalue weighted by atomic mass is 35.5. The number of aromatic nitrogens is 2. The Balaban J connectivity index is 1.66. The van der Waals surface area contributed by atoms with Crippen molar-refractivity contribution in [3.8, 4) is 11.4 Å². The molecule has 0 saturated carbocycles. The van der Waals surface area contributed by atoms with E-state index in [1.54, 1.807) is 18.0 Å². The number of halogens is 1. The molecule has 0 fully saturated rings. The highest BCUT2D eigenvalue weighted by Crippen LogP contribution is 2.25. The molecule has 1 aromatic heterocycles. The number of carbonyl (C=O) groups excluding carboxylic acids is 1. The van der Waals surface area contributed by atoms with Gasteiger partial charge in [-0.15, -0.1) is 0 Å². The third-order valence-electron chi connectivity index (χ3n) is 4.31. The molecule has 0 bridgehead atoms. The van der Waals surface area contributed by atoms with Gasteiger partial charge in [0.25, 0.3) is 0 Å². The van der Waals surface area contributed by atoms with Crippen LogP contribution in [0.1, 0.15) is 22.6 Å². The molecule has 134 valence electrons. The number of nitrogens with zero attached hydrogens (tertiary/aromatic N) is 3. The Morgan fingerprint density at radius 3 is 2.65 bits per heavy atom. The minimum Gasteiger partial charge on any atom is -0.337 e. The second kappa shape index (κ2) is 7.70. The first kappa shape index (κ1) is 18.1. The van der Waals surface area contributed by atoms with Gasteiger partial charge in [0.15, 0.2) is 0 Å². The average molecular weight is 370 g/mol. The maximum atomic E-state index is 12.5. The number of rotatable bonds is 5. The van der Waals surface area contributed by atoms with E-state index in [0.29, 0.717) is 28.7 Å². The first-order valence-electron chi connectivity index (χ1n) is 8.31. The Kier molecular flexibility index (Phi) is 5.38. The summed E-state index contributed by atoms with van der Waals surface area (Å²) in [5, 5.41) is 4.51. The van der Waals surface area contributed by atoms with Gasteiger partial charge in [-0.1, -0.05) is 47.1 Å². The van der Waals surface area contributed by atoms with E-state index in [1.165, 1.54) is 11.1 Å². The summed E-state index contributed by atoms with van der Waals surface area (Å²) >= 11 is 6.15. The predicted molar refractivity (Wildman–Crippen MR) is 101 cm³/mol. The van der Waals surface area contributed by atoms with Crippen LogP contribution in [-0.4, -0.2) is 28.0 Å². The smallest absolute Gasteiger partial charge is 0.246 e. The van der Waals surface area contributed by atoms with Gasteiger partial charge >= 0.3 is 0 Å². The van der Waals surface area contributed by atoms with Crippen molar-refractivity contribution in [2.24, 2.45) is 0 Å². The van der Waals surface area contributed by atoms with Crippen molar-refractivity contribution in [1.82, 2.24) is 15.0 Å². The summed E-state index contributed by atoms with van der Waals surface area (Å²) in [6, 6.07) is 13.4. The Hall–Kier alpha value is -2.66. The fourth-order valence-electron chi connectivity index (χ4n) is 2.59. The fraction of sp³-hybridized carbons (Fsp3) is 0.250. The Labute approximate surface area is 157 Å². The van der Waals surface area contributed by atoms with Crippen LogP contribution in [0.5, 0.6) is 0 Å². The molecular weight excluding hydrogens is 350 g/mol. The standard InChI is InChI=1S/C20H20ClN3O2/c1-13-8-9-15(10-14(13)2)11-19(25)24(3)12-18-22-20(23-26-18)16-6-4-5-7-17(16)21/h4-10H,11-12H2,1-3H3. The van der Waals surface area contributed by atoms with Crippen LogP contribution in [-0.2, 0) is 17.8 Å². The van der Waals surface area contributed by atoms with E-state index in [0.717, 1.165) is 5.56 Å². The molecule has 0 spiro atoms. The van der Waals surface area contributed by atoms with Gasteiger partial charge in [0.05, 0.1) is 18.0 Å². The lowest BCUT2D eigenvalue weighted by atomic mass is 10.0. The lowest BCUT2D eigenvalue weighted by Crippen LogP contribution is -2.27. The minimum absolute atomic E-state index is 0.00857. The highest BCUT2D eigenvalue weighted by Gasteiger charge is 2.16. The Morgan fingerprint density at radius 2 is 1.92 bits per heavy atom. The number of benzene rings is 2. The molecule has 3 aromatic rings. The summed E-state index contributed by atoms with van der Waals surface area (Å²) in [7, 11) is 1.72. The number of amides is 1. The molecule has 3 rings (SSSR count). The Bertz CT molecular complexity index is 936. The van der Waals surface area contributed by atoms with E-state index in [-0.39, 0.29) is 12.5 Å². The first-order valence-corrected chi connectivity index (χ1v) is 8.69. The molecule has 5 nitrogen and oxygen atoms in total. The van der Waals surface area contributed by atoms with Crippen LogP contribution in [0.3, 0.4) is 0 Å². The van der Waals surface area contributed by atoms with E-state index in [9.17, 15) is 4.79 Å². The molecule has 0 atom stereocenters. The summed E-state index contributed by atoms with van der Waals surface area (Å²) < 4.78 is 5.27.